The minimum atomic E-state index is -0.250. The summed E-state index contributed by atoms with van der Waals surface area (Å²) in [4.78, 5) is 19.8. The van der Waals surface area contributed by atoms with E-state index in [1.54, 1.807) is 12.1 Å². The highest BCUT2D eigenvalue weighted by Crippen LogP contribution is 2.15. The summed E-state index contributed by atoms with van der Waals surface area (Å²) in [6, 6.07) is 9.52. The van der Waals surface area contributed by atoms with Crippen molar-refractivity contribution >= 4 is 17.4 Å². The minimum Gasteiger partial charge on any atom is -0.347 e. The van der Waals surface area contributed by atoms with Gasteiger partial charge in [0.15, 0.2) is 0 Å². The average molecular weight is 268 g/mol. The van der Waals surface area contributed by atoms with Gasteiger partial charge in [-0.15, -0.1) is 6.58 Å². The van der Waals surface area contributed by atoms with E-state index < -0.39 is 0 Å². The van der Waals surface area contributed by atoms with Gasteiger partial charge in [-0.3, -0.25) is 4.79 Å². The van der Waals surface area contributed by atoms with Crippen molar-refractivity contribution in [2.24, 2.45) is 0 Å². The van der Waals surface area contributed by atoms with Crippen molar-refractivity contribution in [1.29, 1.82) is 0 Å². The second kappa shape index (κ2) is 6.47. The number of hydrogen-bond acceptors (Lipinski definition) is 4. The molecule has 1 heterocycles. The van der Waals surface area contributed by atoms with Crippen molar-refractivity contribution in [3.05, 3.63) is 60.6 Å². The van der Waals surface area contributed by atoms with Crippen LogP contribution in [0.4, 0.5) is 11.5 Å². The Morgan fingerprint density at radius 3 is 2.95 bits per heavy atom. The number of nitrogens with one attached hydrogen (secondary N) is 2. The monoisotopic (exact) mass is 268 g/mol. The Kier molecular flexibility index (Phi) is 4.44. The summed E-state index contributed by atoms with van der Waals surface area (Å²) in [7, 11) is 0. The molecule has 5 heteroatoms. The molecule has 20 heavy (non-hydrogen) atoms. The third-order valence-corrected chi connectivity index (χ3v) is 2.60. The summed E-state index contributed by atoms with van der Waals surface area (Å²) in [5, 5.41) is 5.82. The number of rotatable bonds is 5. The van der Waals surface area contributed by atoms with Crippen LogP contribution in [0.2, 0.25) is 0 Å². The molecule has 0 spiro atoms. The maximum absolute atomic E-state index is 11.8. The van der Waals surface area contributed by atoms with E-state index in [1.165, 1.54) is 6.33 Å². The number of hydrogen-bond donors (Lipinski definition) is 2. The van der Waals surface area contributed by atoms with Crippen molar-refractivity contribution < 1.29 is 4.79 Å². The lowest BCUT2D eigenvalue weighted by Gasteiger charge is -2.07. The van der Waals surface area contributed by atoms with Crippen LogP contribution in [0.25, 0.3) is 0 Å². The number of anilines is 2. The molecule has 1 aromatic carbocycles. The van der Waals surface area contributed by atoms with Crippen LogP contribution in [0.3, 0.4) is 0 Å². The largest absolute Gasteiger partial charge is 0.347 e. The fourth-order valence-corrected chi connectivity index (χ4v) is 1.68. The van der Waals surface area contributed by atoms with Gasteiger partial charge in [-0.2, -0.15) is 0 Å². The van der Waals surface area contributed by atoms with E-state index in [-0.39, 0.29) is 5.91 Å². The van der Waals surface area contributed by atoms with Gasteiger partial charge in [-0.25, -0.2) is 9.97 Å². The quantitative estimate of drug-likeness (QED) is 0.817. The number of aromatic nitrogens is 2. The molecule has 1 amide bonds. The predicted octanol–water partition coefficient (Wildman–Crippen LogP) is 2.44. The number of aryl methyl sites for hydroxylation is 1. The molecule has 0 aliphatic carbocycles. The number of amides is 1. The highest BCUT2D eigenvalue weighted by molar-refractivity contribution is 5.93. The number of carbonyl (C=O) groups excluding carboxylic acids is 1. The standard InChI is InChI=1S/C15H16N4O/c1-3-7-16-15(20)13-9-14(18-10-17-13)19-12-6-4-5-11(2)8-12/h3-6,8-10H,1,7H2,2H3,(H,16,20)(H,17,18,19). The molecule has 0 atom stereocenters. The SMILES string of the molecule is C=CCNC(=O)c1cc(Nc2cccc(C)c2)ncn1. The van der Waals surface area contributed by atoms with E-state index in [4.69, 9.17) is 0 Å². The Balaban J connectivity index is 2.13. The average Bonchev–Trinajstić information content (AvgIpc) is 2.45. The van der Waals surface area contributed by atoms with Crippen molar-refractivity contribution in [2.75, 3.05) is 11.9 Å². The molecular weight excluding hydrogens is 252 g/mol. The smallest absolute Gasteiger partial charge is 0.270 e. The van der Waals surface area contributed by atoms with Crippen LogP contribution < -0.4 is 10.6 Å². The third kappa shape index (κ3) is 3.65. The summed E-state index contributed by atoms with van der Waals surface area (Å²) in [5.41, 5.74) is 2.38. The second-order valence-corrected chi connectivity index (χ2v) is 4.28. The molecule has 0 bridgehead atoms. The number of benzene rings is 1. The lowest BCUT2D eigenvalue weighted by atomic mass is 10.2. The van der Waals surface area contributed by atoms with Crippen molar-refractivity contribution in [2.45, 2.75) is 6.92 Å². The summed E-state index contributed by atoms with van der Waals surface area (Å²) in [6.45, 7) is 5.97. The summed E-state index contributed by atoms with van der Waals surface area (Å²) in [5.74, 6) is 0.328. The fraction of sp³-hybridized carbons (Fsp3) is 0.133. The van der Waals surface area contributed by atoms with Gasteiger partial charge in [-0.1, -0.05) is 18.2 Å². The Morgan fingerprint density at radius 2 is 2.20 bits per heavy atom. The molecule has 2 rings (SSSR count). The Bertz CT molecular complexity index is 625. The maximum Gasteiger partial charge on any atom is 0.270 e. The van der Waals surface area contributed by atoms with Crippen LogP contribution in [0, 0.1) is 6.92 Å². The molecule has 5 nitrogen and oxygen atoms in total. The normalized spacial score (nSPS) is 9.85. The molecule has 0 saturated heterocycles. The van der Waals surface area contributed by atoms with Crippen LogP contribution in [0.1, 0.15) is 16.1 Å². The van der Waals surface area contributed by atoms with Gasteiger partial charge in [0.25, 0.3) is 5.91 Å². The molecule has 2 aromatic rings. The lowest BCUT2D eigenvalue weighted by Crippen LogP contribution is -2.24. The van der Waals surface area contributed by atoms with Gasteiger partial charge < -0.3 is 10.6 Å². The van der Waals surface area contributed by atoms with E-state index in [0.29, 0.717) is 18.1 Å². The summed E-state index contributed by atoms with van der Waals surface area (Å²) in [6.07, 6.45) is 2.98. The molecule has 0 aliphatic heterocycles. The van der Waals surface area contributed by atoms with Crippen molar-refractivity contribution in [3.63, 3.8) is 0 Å². The first kappa shape index (κ1) is 13.7. The first-order valence-electron chi connectivity index (χ1n) is 6.24. The molecule has 0 unspecified atom stereocenters. The van der Waals surface area contributed by atoms with E-state index >= 15 is 0 Å². The Hall–Kier alpha value is -2.69. The number of nitrogens with zero attached hydrogens (tertiary/aromatic N) is 2. The molecule has 0 saturated carbocycles. The first-order valence-corrected chi connectivity index (χ1v) is 6.24. The van der Waals surface area contributed by atoms with Crippen LogP contribution in [0.5, 0.6) is 0 Å². The van der Waals surface area contributed by atoms with Crippen LogP contribution in [0.15, 0.2) is 49.3 Å². The predicted molar refractivity (Wildman–Crippen MR) is 79.0 cm³/mol. The summed E-state index contributed by atoms with van der Waals surface area (Å²) >= 11 is 0. The van der Waals surface area contributed by atoms with E-state index in [0.717, 1.165) is 11.3 Å². The zero-order valence-corrected chi connectivity index (χ0v) is 11.3. The molecule has 1 aromatic heterocycles. The molecule has 2 N–H and O–H groups in total. The number of carbonyl (C=O) groups is 1. The second-order valence-electron chi connectivity index (χ2n) is 4.28. The minimum absolute atomic E-state index is 0.250. The topological polar surface area (TPSA) is 66.9 Å². The highest BCUT2D eigenvalue weighted by Gasteiger charge is 2.07. The Morgan fingerprint density at radius 1 is 1.35 bits per heavy atom. The van der Waals surface area contributed by atoms with Crippen LogP contribution >= 0.6 is 0 Å². The fourth-order valence-electron chi connectivity index (χ4n) is 1.68. The zero-order valence-electron chi connectivity index (χ0n) is 11.3. The summed E-state index contributed by atoms with van der Waals surface area (Å²) < 4.78 is 0. The molecular formula is C15H16N4O. The lowest BCUT2D eigenvalue weighted by molar-refractivity contribution is 0.0953. The molecule has 102 valence electrons. The van der Waals surface area contributed by atoms with Crippen LogP contribution in [-0.4, -0.2) is 22.4 Å². The van der Waals surface area contributed by atoms with Crippen molar-refractivity contribution in [1.82, 2.24) is 15.3 Å². The van der Waals surface area contributed by atoms with E-state index in [9.17, 15) is 4.79 Å². The van der Waals surface area contributed by atoms with E-state index in [1.807, 2.05) is 31.2 Å². The molecule has 0 aliphatic rings. The van der Waals surface area contributed by atoms with E-state index in [2.05, 4.69) is 27.2 Å². The Labute approximate surface area is 117 Å². The zero-order chi connectivity index (χ0) is 14.4. The van der Waals surface area contributed by atoms with Gasteiger partial charge >= 0.3 is 0 Å². The first-order chi connectivity index (χ1) is 9.69. The molecule has 0 fully saturated rings. The van der Waals surface area contributed by atoms with Gasteiger partial charge in [0, 0.05) is 18.3 Å². The van der Waals surface area contributed by atoms with Crippen molar-refractivity contribution in [3.8, 4) is 0 Å². The third-order valence-electron chi connectivity index (χ3n) is 2.60. The maximum atomic E-state index is 11.8. The molecule has 0 radical (unpaired) electrons. The van der Waals surface area contributed by atoms with Gasteiger partial charge in [-0.05, 0) is 24.6 Å². The highest BCUT2D eigenvalue weighted by atomic mass is 16.1. The van der Waals surface area contributed by atoms with Gasteiger partial charge in [0.1, 0.15) is 17.8 Å². The van der Waals surface area contributed by atoms with Gasteiger partial charge in [0.05, 0.1) is 0 Å². The van der Waals surface area contributed by atoms with Gasteiger partial charge in [0.2, 0.25) is 0 Å². The van der Waals surface area contributed by atoms with Crippen LogP contribution in [-0.2, 0) is 0 Å².